The highest BCUT2D eigenvalue weighted by atomic mass is 35.5. The normalized spacial score (nSPS) is 11.1. The highest BCUT2D eigenvalue weighted by Crippen LogP contribution is 2.34. The molecule has 3 aromatic rings. The number of halogens is 1. The van der Waals surface area contributed by atoms with Crippen LogP contribution in [-0.4, -0.2) is 12.5 Å². The van der Waals surface area contributed by atoms with Crippen molar-refractivity contribution < 1.29 is 4.79 Å². The second-order valence-electron chi connectivity index (χ2n) is 6.23. The van der Waals surface area contributed by atoms with Crippen molar-refractivity contribution in [3.63, 3.8) is 0 Å². The summed E-state index contributed by atoms with van der Waals surface area (Å²) in [6.07, 6.45) is 3.36. The van der Waals surface area contributed by atoms with E-state index >= 15 is 0 Å². The molecule has 6 heteroatoms. The van der Waals surface area contributed by atoms with Gasteiger partial charge in [-0.1, -0.05) is 53.7 Å². The van der Waals surface area contributed by atoms with Crippen LogP contribution in [-0.2, 0) is 11.2 Å². The van der Waals surface area contributed by atoms with Gasteiger partial charge in [0.05, 0.1) is 4.21 Å². The number of amides is 1. The van der Waals surface area contributed by atoms with Crippen LogP contribution in [0.4, 0.5) is 0 Å². The van der Waals surface area contributed by atoms with Gasteiger partial charge in [-0.15, -0.1) is 11.3 Å². The maximum absolute atomic E-state index is 12.3. The number of hydrogen-bond acceptors (Lipinski definition) is 4. The largest absolute Gasteiger partial charge is 0.351 e. The fourth-order valence-electron chi connectivity index (χ4n) is 2.61. The van der Waals surface area contributed by atoms with Crippen LogP contribution in [0.5, 0.6) is 0 Å². The summed E-state index contributed by atoms with van der Waals surface area (Å²) in [5.74, 6) is -0.333. The van der Waals surface area contributed by atoms with Crippen molar-refractivity contribution in [3.8, 4) is 6.07 Å². The molecule has 0 unspecified atom stereocenters. The van der Waals surface area contributed by atoms with Crippen molar-refractivity contribution in [2.24, 2.45) is 0 Å². The Morgan fingerprint density at radius 3 is 2.59 bits per heavy atom. The topological polar surface area (TPSA) is 52.9 Å². The number of aryl methyl sites for hydroxylation is 1. The Morgan fingerprint density at radius 2 is 1.86 bits per heavy atom. The van der Waals surface area contributed by atoms with Crippen LogP contribution in [0.1, 0.15) is 16.9 Å². The fourth-order valence-corrected chi connectivity index (χ4v) is 4.80. The third-order valence-corrected chi connectivity index (χ3v) is 6.48. The van der Waals surface area contributed by atoms with Crippen molar-refractivity contribution in [2.75, 3.05) is 6.54 Å². The van der Waals surface area contributed by atoms with E-state index in [9.17, 15) is 10.1 Å². The molecule has 0 radical (unpaired) electrons. The third-order valence-electron chi connectivity index (χ3n) is 4.06. The molecule has 1 amide bonds. The number of carbonyl (C=O) groups is 1. The third kappa shape index (κ3) is 6.79. The molecule has 0 saturated carbocycles. The minimum absolute atomic E-state index is 0.120. The average Bonchev–Trinajstić information content (AvgIpc) is 3.18. The maximum atomic E-state index is 12.3. The molecular formula is C23H19ClN2OS2. The molecule has 0 saturated heterocycles. The second-order valence-corrected chi connectivity index (χ2v) is 9.15. The van der Waals surface area contributed by atoms with Crippen molar-refractivity contribution in [2.45, 2.75) is 21.9 Å². The molecule has 146 valence electrons. The first-order valence-electron chi connectivity index (χ1n) is 9.11. The predicted molar refractivity (Wildman–Crippen MR) is 121 cm³/mol. The highest BCUT2D eigenvalue weighted by Gasteiger charge is 2.10. The van der Waals surface area contributed by atoms with Crippen LogP contribution in [0.3, 0.4) is 0 Å². The summed E-state index contributed by atoms with van der Waals surface area (Å²) in [5.41, 5.74) is 1.36. The zero-order valence-corrected chi connectivity index (χ0v) is 18.0. The van der Waals surface area contributed by atoms with Gasteiger partial charge in [-0.25, -0.2) is 0 Å². The Bertz CT molecular complexity index is 1020. The highest BCUT2D eigenvalue weighted by molar-refractivity contribution is 8.01. The smallest absolute Gasteiger partial charge is 0.261 e. The Morgan fingerprint density at radius 1 is 1.10 bits per heavy atom. The molecule has 29 heavy (non-hydrogen) atoms. The van der Waals surface area contributed by atoms with Crippen LogP contribution in [0.2, 0.25) is 5.02 Å². The first kappa shape index (κ1) is 21.2. The number of nitriles is 1. The SMILES string of the molecule is N#C/C(=C/c1ccc(Sc2ccc(Cl)cc2)s1)C(=O)NCCCc1ccccc1. The van der Waals surface area contributed by atoms with Gasteiger partial charge in [-0.05, 0) is 60.9 Å². The van der Waals surface area contributed by atoms with Crippen LogP contribution < -0.4 is 5.32 Å². The van der Waals surface area contributed by atoms with Gasteiger partial charge in [0.15, 0.2) is 0 Å². The number of rotatable bonds is 8. The van der Waals surface area contributed by atoms with Crippen molar-refractivity contribution >= 4 is 46.7 Å². The summed E-state index contributed by atoms with van der Waals surface area (Å²) in [5, 5.41) is 12.9. The maximum Gasteiger partial charge on any atom is 0.261 e. The molecule has 0 bridgehead atoms. The van der Waals surface area contributed by atoms with Crippen LogP contribution in [0, 0.1) is 11.3 Å². The minimum Gasteiger partial charge on any atom is -0.351 e. The lowest BCUT2D eigenvalue weighted by Crippen LogP contribution is -2.25. The van der Waals surface area contributed by atoms with Crippen LogP contribution in [0.25, 0.3) is 6.08 Å². The minimum atomic E-state index is -0.333. The molecule has 0 fully saturated rings. The van der Waals surface area contributed by atoms with E-state index in [4.69, 9.17) is 11.6 Å². The Balaban J connectivity index is 1.53. The van der Waals surface area contributed by atoms with E-state index in [1.807, 2.05) is 60.7 Å². The Hall–Kier alpha value is -2.52. The summed E-state index contributed by atoms with van der Waals surface area (Å²) in [7, 11) is 0. The molecule has 2 aromatic carbocycles. The first-order valence-corrected chi connectivity index (χ1v) is 11.1. The molecule has 1 N–H and O–H groups in total. The summed E-state index contributed by atoms with van der Waals surface area (Å²) in [6, 6.07) is 23.7. The van der Waals surface area contributed by atoms with Gasteiger partial charge in [0.1, 0.15) is 11.6 Å². The van der Waals surface area contributed by atoms with Gasteiger partial charge in [0.2, 0.25) is 0 Å². The van der Waals surface area contributed by atoms with Crippen molar-refractivity contribution in [3.05, 3.63) is 87.8 Å². The van der Waals surface area contributed by atoms with Gasteiger partial charge in [0, 0.05) is 21.3 Å². The van der Waals surface area contributed by atoms with Crippen LogP contribution in [0.15, 0.2) is 81.4 Å². The van der Waals surface area contributed by atoms with Gasteiger partial charge in [-0.2, -0.15) is 5.26 Å². The Labute approximate surface area is 184 Å². The molecule has 0 aliphatic carbocycles. The van der Waals surface area contributed by atoms with Crippen molar-refractivity contribution in [1.82, 2.24) is 5.32 Å². The van der Waals surface area contributed by atoms with Gasteiger partial charge in [0.25, 0.3) is 5.91 Å². The molecule has 1 heterocycles. The average molecular weight is 439 g/mol. The molecule has 0 atom stereocenters. The monoisotopic (exact) mass is 438 g/mol. The van der Waals surface area contributed by atoms with Crippen LogP contribution >= 0.6 is 34.7 Å². The number of benzene rings is 2. The lowest BCUT2D eigenvalue weighted by molar-refractivity contribution is -0.117. The van der Waals surface area contributed by atoms with Crippen molar-refractivity contribution in [1.29, 1.82) is 5.26 Å². The van der Waals surface area contributed by atoms with E-state index in [0.717, 1.165) is 26.8 Å². The zero-order valence-electron chi connectivity index (χ0n) is 15.6. The summed E-state index contributed by atoms with van der Waals surface area (Å²) in [6.45, 7) is 0.537. The summed E-state index contributed by atoms with van der Waals surface area (Å²) in [4.78, 5) is 14.3. The molecule has 1 aromatic heterocycles. The zero-order chi connectivity index (χ0) is 20.5. The van der Waals surface area contributed by atoms with E-state index in [1.54, 1.807) is 29.2 Å². The number of carbonyl (C=O) groups excluding carboxylic acids is 1. The Kier molecular flexibility index (Phi) is 7.94. The van der Waals surface area contributed by atoms with E-state index in [1.165, 1.54) is 5.56 Å². The number of nitrogens with one attached hydrogen (secondary N) is 1. The number of thiophene rings is 1. The number of nitrogens with zero attached hydrogens (tertiary/aromatic N) is 1. The lowest BCUT2D eigenvalue weighted by atomic mass is 10.1. The molecule has 3 rings (SSSR count). The first-order chi connectivity index (χ1) is 14.1. The van der Waals surface area contributed by atoms with Gasteiger partial charge >= 0.3 is 0 Å². The standard InChI is InChI=1S/C23H19ClN2OS2/c24-19-8-10-20(11-9-19)28-22-13-12-21(29-22)15-18(16-25)23(27)26-14-4-7-17-5-2-1-3-6-17/h1-3,5-6,8-13,15H,4,7,14H2,(H,26,27)/b18-15-. The van der Waals surface area contributed by atoms with Gasteiger partial charge < -0.3 is 5.32 Å². The quantitative estimate of drug-likeness (QED) is 0.258. The molecule has 0 aliphatic heterocycles. The predicted octanol–water partition coefficient (Wildman–Crippen LogP) is 6.21. The number of hydrogen-bond donors (Lipinski definition) is 1. The summed E-state index contributed by atoms with van der Waals surface area (Å²) < 4.78 is 1.08. The second kappa shape index (κ2) is 10.9. The molecule has 0 spiro atoms. The molecule has 0 aliphatic rings. The van der Waals surface area contributed by atoms with E-state index < -0.39 is 0 Å². The van der Waals surface area contributed by atoms with E-state index in [0.29, 0.717) is 11.6 Å². The molecule has 3 nitrogen and oxygen atoms in total. The summed E-state index contributed by atoms with van der Waals surface area (Å²) >= 11 is 9.08. The molecular weight excluding hydrogens is 420 g/mol. The fraction of sp³-hybridized carbons (Fsp3) is 0.130. The van der Waals surface area contributed by atoms with E-state index in [2.05, 4.69) is 17.4 Å². The van der Waals surface area contributed by atoms with E-state index in [-0.39, 0.29) is 11.5 Å². The van der Waals surface area contributed by atoms with Gasteiger partial charge in [-0.3, -0.25) is 4.79 Å². The lowest BCUT2D eigenvalue weighted by Gasteiger charge is -2.04.